The van der Waals surface area contributed by atoms with E-state index in [4.69, 9.17) is 10.2 Å². The van der Waals surface area contributed by atoms with E-state index in [0.29, 0.717) is 19.4 Å². The quantitative estimate of drug-likeness (QED) is 0.687. The van der Waals surface area contributed by atoms with Gasteiger partial charge in [-0.2, -0.15) is 17.0 Å². The molecule has 1 atom stereocenters. The number of aliphatic hydroxyl groups is 1. The third kappa shape index (κ3) is 3.25. The van der Waals surface area contributed by atoms with E-state index in [1.54, 1.807) is 0 Å². The molecule has 0 aromatic heterocycles. The molecule has 2 aliphatic rings. The van der Waals surface area contributed by atoms with Crippen LogP contribution in [0.15, 0.2) is 0 Å². The minimum atomic E-state index is -3.65. The number of carboxylic acid groups (broad SMARTS) is 1. The van der Waals surface area contributed by atoms with Crippen molar-refractivity contribution in [1.29, 1.82) is 0 Å². The first-order chi connectivity index (χ1) is 8.96. The average molecular weight is 292 g/mol. The lowest BCUT2D eigenvalue weighted by atomic mass is 10.0. The fourth-order valence-corrected chi connectivity index (χ4v) is 4.37. The van der Waals surface area contributed by atoms with Gasteiger partial charge in [0.1, 0.15) is 0 Å². The van der Waals surface area contributed by atoms with Crippen molar-refractivity contribution < 1.29 is 23.4 Å². The summed E-state index contributed by atoms with van der Waals surface area (Å²) in [4.78, 5) is 11.0. The third-order valence-corrected chi connectivity index (χ3v) is 5.69. The zero-order chi connectivity index (χ0) is 14.0. The second-order valence-electron chi connectivity index (χ2n) is 5.11. The normalized spacial score (nSPS) is 25.7. The highest BCUT2D eigenvalue weighted by atomic mass is 32.2. The molecule has 0 bridgehead atoms. The lowest BCUT2D eigenvalue weighted by Crippen LogP contribution is -2.50. The number of nitrogens with zero attached hydrogens (tertiary/aromatic N) is 2. The molecule has 1 aliphatic heterocycles. The van der Waals surface area contributed by atoms with E-state index in [2.05, 4.69) is 0 Å². The van der Waals surface area contributed by atoms with Gasteiger partial charge < -0.3 is 10.2 Å². The molecule has 110 valence electrons. The topological polar surface area (TPSA) is 98.2 Å². The Morgan fingerprint density at radius 1 is 1.32 bits per heavy atom. The predicted octanol–water partition coefficient (Wildman–Crippen LogP) is -0.515. The molecule has 1 saturated carbocycles. The molecule has 0 radical (unpaired) electrons. The van der Waals surface area contributed by atoms with E-state index < -0.39 is 22.1 Å². The highest BCUT2D eigenvalue weighted by Gasteiger charge is 2.42. The minimum absolute atomic E-state index is 0.0256. The van der Waals surface area contributed by atoms with E-state index in [9.17, 15) is 13.2 Å². The molecule has 8 heteroatoms. The van der Waals surface area contributed by atoms with Gasteiger partial charge in [0.15, 0.2) is 0 Å². The summed E-state index contributed by atoms with van der Waals surface area (Å²) in [5.41, 5.74) is 0. The molecule has 7 nitrogen and oxygen atoms in total. The maximum atomic E-state index is 12.5. The summed E-state index contributed by atoms with van der Waals surface area (Å²) in [6.07, 6.45) is 2.71. The molecule has 2 rings (SSSR count). The number of aliphatic carboxylic acids is 1. The second-order valence-corrected chi connectivity index (χ2v) is 6.99. The molecule has 2 fully saturated rings. The highest BCUT2D eigenvalue weighted by Crippen LogP contribution is 2.31. The van der Waals surface area contributed by atoms with E-state index in [1.807, 2.05) is 0 Å². The van der Waals surface area contributed by atoms with Crippen molar-refractivity contribution in [2.75, 3.05) is 26.2 Å². The molecular weight excluding hydrogens is 272 g/mol. The van der Waals surface area contributed by atoms with Crippen molar-refractivity contribution in [3.63, 3.8) is 0 Å². The number of hydrogen-bond acceptors (Lipinski definition) is 4. The Balaban J connectivity index is 2.11. The summed E-state index contributed by atoms with van der Waals surface area (Å²) in [5, 5.41) is 18.0. The van der Waals surface area contributed by atoms with Crippen LogP contribution in [-0.2, 0) is 15.0 Å². The van der Waals surface area contributed by atoms with Gasteiger partial charge in [-0.1, -0.05) is 0 Å². The Hall–Kier alpha value is -0.700. The van der Waals surface area contributed by atoms with E-state index in [-0.39, 0.29) is 25.7 Å². The molecule has 0 aromatic rings. The average Bonchev–Trinajstić information content (AvgIpc) is 3.20. The lowest BCUT2D eigenvalue weighted by Gasteiger charge is -2.34. The zero-order valence-electron chi connectivity index (χ0n) is 10.7. The summed E-state index contributed by atoms with van der Waals surface area (Å²) in [6, 6.07) is -0.0256. The molecule has 0 spiro atoms. The molecule has 0 aromatic carbocycles. The van der Waals surface area contributed by atoms with Crippen molar-refractivity contribution in [2.24, 2.45) is 5.92 Å². The van der Waals surface area contributed by atoms with Crippen molar-refractivity contribution in [3.8, 4) is 0 Å². The fourth-order valence-electron chi connectivity index (χ4n) is 2.45. The molecule has 19 heavy (non-hydrogen) atoms. The van der Waals surface area contributed by atoms with E-state index >= 15 is 0 Å². The largest absolute Gasteiger partial charge is 0.481 e. The molecule has 1 aliphatic carbocycles. The highest BCUT2D eigenvalue weighted by molar-refractivity contribution is 7.86. The van der Waals surface area contributed by atoms with Crippen molar-refractivity contribution >= 4 is 16.2 Å². The van der Waals surface area contributed by atoms with Crippen LogP contribution in [0, 0.1) is 5.92 Å². The van der Waals surface area contributed by atoms with Gasteiger partial charge in [-0.3, -0.25) is 4.79 Å². The van der Waals surface area contributed by atoms with Crippen LogP contribution in [0.2, 0.25) is 0 Å². The van der Waals surface area contributed by atoms with Crippen LogP contribution in [0.3, 0.4) is 0 Å². The Bertz CT molecular complexity index is 434. The van der Waals surface area contributed by atoms with Gasteiger partial charge in [0.25, 0.3) is 10.2 Å². The number of piperidine rings is 1. The molecule has 1 unspecified atom stereocenters. The fraction of sp³-hybridized carbons (Fsp3) is 0.909. The van der Waals surface area contributed by atoms with Crippen LogP contribution >= 0.6 is 0 Å². The van der Waals surface area contributed by atoms with Crippen molar-refractivity contribution in [3.05, 3.63) is 0 Å². The van der Waals surface area contributed by atoms with Gasteiger partial charge in [0.05, 0.1) is 12.5 Å². The lowest BCUT2D eigenvalue weighted by molar-refractivity contribution is -0.142. The first-order valence-electron chi connectivity index (χ1n) is 6.57. The van der Waals surface area contributed by atoms with Crippen LogP contribution in [0.25, 0.3) is 0 Å². The summed E-state index contributed by atoms with van der Waals surface area (Å²) in [6.45, 7) is 0.264. The minimum Gasteiger partial charge on any atom is -0.481 e. The maximum absolute atomic E-state index is 12.5. The van der Waals surface area contributed by atoms with Crippen LogP contribution in [0.5, 0.6) is 0 Å². The van der Waals surface area contributed by atoms with Gasteiger partial charge >= 0.3 is 5.97 Å². The second kappa shape index (κ2) is 5.74. The Morgan fingerprint density at radius 2 is 2.00 bits per heavy atom. The smallest absolute Gasteiger partial charge is 0.307 e. The molecule has 2 N–H and O–H groups in total. The maximum Gasteiger partial charge on any atom is 0.307 e. The Kier molecular flexibility index (Phi) is 4.44. The number of aliphatic hydroxyl groups excluding tert-OH is 1. The molecule has 0 amide bonds. The first-order valence-corrected chi connectivity index (χ1v) is 7.97. The molecule has 1 saturated heterocycles. The number of hydrogen-bond donors (Lipinski definition) is 2. The summed E-state index contributed by atoms with van der Waals surface area (Å²) >= 11 is 0. The zero-order valence-corrected chi connectivity index (χ0v) is 11.5. The van der Waals surface area contributed by atoms with Crippen LogP contribution in [0.1, 0.15) is 25.7 Å². The Labute approximate surface area is 113 Å². The molecular formula is C11H20N2O5S. The SMILES string of the molecule is O=C(O)C1CCCN(S(=O)(=O)N(CCO)C2CC2)C1. The number of carbonyl (C=O) groups is 1. The number of carboxylic acids is 1. The summed E-state index contributed by atoms with van der Waals surface area (Å²) in [5.74, 6) is -1.57. The van der Waals surface area contributed by atoms with E-state index in [0.717, 1.165) is 12.8 Å². The van der Waals surface area contributed by atoms with Gasteiger partial charge in [0, 0.05) is 25.7 Å². The standard InChI is InChI=1S/C11H20N2O5S/c14-7-6-13(10-3-4-10)19(17,18)12-5-1-2-9(8-12)11(15)16/h9-10,14H,1-8H2,(H,15,16). The van der Waals surface area contributed by atoms with Gasteiger partial charge in [0.2, 0.25) is 0 Å². The van der Waals surface area contributed by atoms with Crippen LogP contribution < -0.4 is 0 Å². The predicted molar refractivity (Wildman–Crippen MR) is 67.7 cm³/mol. The summed E-state index contributed by atoms with van der Waals surface area (Å²) < 4.78 is 27.5. The van der Waals surface area contributed by atoms with Crippen LogP contribution in [0.4, 0.5) is 0 Å². The Morgan fingerprint density at radius 3 is 2.53 bits per heavy atom. The van der Waals surface area contributed by atoms with E-state index in [1.165, 1.54) is 8.61 Å². The number of rotatable bonds is 6. The van der Waals surface area contributed by atoms with Crippen LogP contribution in [-0.4, -0.2) is 65.5 Å². The molecule has 1 heterocycles. The van der Waals surface area contributed by atoms with Crippen molar-refractivity contribution in [2.45, 2.75) is 31.7 Å². The van der Waals surface area contributed by atoms with Gasteiger partial charge in [-0.25, -0.2) is 0 Å². The van der Waals surface area contributed by atoms with Crippen molar-refractivity contribution in [1.82, 2.24) is 8.61 Å². The van der Waals surface area contributed by atoms with Gasteiger partial charge in [-0.05, 0) is 25.7 Å². The third-order valence-electron chi connectivity index (χ3n) is 3.63. The first kappa shape index (κ1) is 14.7. The monoisotopic (exact) mass is 292 g/mol. The summed E-state index contributed by atoms with van der Waals surface area (Å²) in [7, 11) is -3.65. The van der Waals surface area contributed by atoms with Gasteiger partial charge in [-0.15, -0.1) is 0 Å².